The van der Waals surface area contributed by atoms with Gasteiger partial charge in [0.25, 0.3) is 0 Å². The van der Waals surface area contributed by atoms with Crippen molar-refractivity contribution in [1.82, 2.24) is 0 Å². The first-order valence-electron chi connectivity index (χ1n) is 8.68. The van der Waals surface area contributed by atoms with Gasteiger partial charge in [-0.25, -0.2) is 0 Å². The Bertz CT molecular complexity index is 205. The molecule has 0 aromatic rings. The summed E-state index contributed by atoms with van der Waals surface area (Å²) < 4.78 is 6.58. The van der Waals surface area contributed by atoms with Crippen LogP contribution in [0.3, 0.4) is 0 Å². The van der Waals surface area contributed by atoms with Crippen molar-refractivity contribution in [2.75, 3.05) is 0 Å². The van der Waals surface area contributed by atoms with Crippen LogP contribution in [0.5, 0.6) is 0 Å². The third-order valence-corrected chi connectivity index (χ3v) is 20.6. The molecule has 0 atom stereocenters. The van der Waals surface area contributed by atoms with Gasteiger partial charge in [0.2, 0.25) is 0 Å². The molecule has 0 aliphatic rings. The normalized spacial score (nSPS) is 11.5. The third kappa shape index (κ3) is 9.83. The molecule has 19 heavy (non-hydrogen) atoms. The Morgan fingerprint density at radius 1 is 0.684 bits per heavy atom. The summed E-state index contributed by atoms with van der Waals surface area (Å²) in [5, 5.41) is 0. The molecule has 0 bridgehead atoms. The van der Waals surface area contributed by atoms with Crippen molar-refractivity contribution in [2.24, 2.45) is 0 Å². The average molecular weight is 371 g/mol. The van der Waals surface area contributed by atoms with E-state index in [2.05, 4.69) is 26.7 Å². The van der Waals surface area contributed by atoms with Crippen LogP contribution in [-0.4, -0.2) is 18.4 Å². The fourth-order valence-electron chi connectivity index (χ4n) is 3.13. The number of hydrogen-bond donors (Lipinski definition) is 0. The molecule has 0 unspecified atom stereocenters. The van der Waals surface area contributed by atoms with Crippen LogP contribution in [0.25, 0.3) is 0 Å². The molecular weight excluding hydrogens is 335 g/mol. The van der Waals surface area contributed by atoms with Gasteiger partial charge in [0.05, 0.1) is 0 Å². The quantitative estimate of drug-likeness (QED) is 0.193. The Morgan fingerprint density at radius 3 is 1.47 bits per heavy atom. The number of terminal acetylenes is 1. The van der Waals surface area contributed by atoms with E-state index in [0.717, 1.165) is 6.42 Å². The summed E-state index contributed by atoms with van der Waals surface area (Å²) in [4.78, 5) is 0. The second-order valence-corrected chi connectivity index (χ2v) is 20.5. The van der Waals surface area contributed by atoms with Crippen LogP contribution in [0.4, 0.5) is 0 Å². The summed E-state index contributed by atoms with van der Waals surface area (Å²) >= 11 is -1.80. The van der Waals surface area contributed by atoms with Gasteiger partial charge < -0.3 is 0 Å². The summed E-state index contributed by atoms with van der Waals surface area (Å²) in [6.45, 7) is 7.07. The van der Waals surface area contributed by atoms with Gasteiger partial charge >= 0.3 is 127 Å². The molecule has 0 saturated carbocycles. The van der Waals surface area contributed by atoms with E-state index in [0.29, 0.717) is 0 Å². The predicted octanol–water partition coefficient (Wildman–Crippen LogP) is 6.64. The molecule has 0 fully saturated rings. The van der Waals surface area contributed by atoms with Crippen molar-refractivity contribution in [3.05, 3.63) is 0 Å². The molecule has 0 spiro atoms. The Kier molecular flexibility index (Phi) is 13.6. The van der Waals surface area contributed by atoms with E-state index in [9.17, 15) is 0 Å². The first-order valence-corrected chi connectivity index (χ1v) is 16.8. The SMILES string of the molecule is C#CCCC[CH2][Sn]([CH2]CCC)([CH2]CCC)[CH2]CCC. The van der Waals surface area contributed by atoms with Gasteiger partial charge in [0.15, 0.2) is 0 Å². The Hall–Kier alpha value is 0.359. The molecule has 0 nitrogen and oxygen atoms in total. The zero-order valence-corrected chi connectivity index (χ0v) is 16.6. The Morgan fingerprint density at radius 2 is 1.11 bits per heavy atom. The van der Waals surface area contributed by atoms with E-state index in [1.165, 1.54) is 51.4 Å². The van der Waals surface area contributed by atoms with E-state index in [-0.39, 0.29) is 0 Å². The second-order valence-electron chi connectivity index (χ2n) is 6.22. The molecule has 0 N–H and O–H groups in total. The van der Waals surface area contributed by atoms with Crippen molar-refractivity contribution in [3.63, 3.8) is 0 Å². The first-order chi connectivity index (χ1) is 9.24. The van der Waals surface area contributed by atoms with E-state index in [1.807, 2.05) is 0 Å². The summed E-state index contributed by atoms with van der Waals surface area (Å²) in [6, 6.07) is 0. The molecule has 0 heterocycles. The van der Waals surface area contributed by atoms with Crippen LogP contribution < -0.4 is 0 Å². The fourth-order valence-corrected chi connectivity index (χ4v) is 19.7. The van der Waals surface area contributed by atoms with Crippen molar-refractivity contribution >= 4 is 18.4 Å². The maximum atomic E-state index is 5.39. The zero-order chi connectivity index (χ0) is 14.4. The summed E-state index contributed by atoms with van der Waals surface area (Å²) in [6.07, 6.45) is 17.8. The van der Waals surface area contributed by atoms with E-state index < -0.39 is 18.4 Å². The van der Waals surface area contributed by atoms with Crippen LogP contribution in [0.15, 0.2) is 0 Å². The summed E-state index contributed by atoms with van der Waals surface area (Å²) in [5.41, 5.74) is 0. The van der Waals surface area contributed by atoms with Crippen LogP contribution in [0.1, 0.15) is 78.6 Å². The van der Waals surface area contributed by atoms with Crippen molar-refractivity contribution in [1.29, 1.82) is 0 Å². The first kappa shape index (κ1) is 19.4. The van der Waals surface area contributed by atoms with Gasteiger partial charge in [-0.05, 0) is 0 Å². The van der Waals surface area contributed by atoms with Crippen molar-refractivity contribution < 1.29 is 0 Å². The predicted molar refractivity (Wildman–Crippen MR) is 92.4 cm³/mol. The Labute approximate surface area is 127 Å². The summed E-state index contributed by atoms with van der Waals surface area (Å²) in [7, 11) is 0. The van der Waals surface area contributed by atoms with E-state index in [1.54, 1.807) is 17.7 Å². The van der Waals surface area contributed by atoms with Crippen LogP contribution in [0.2, 0.25) is 17.7 Å². The molecule has 0 aromatic heterocycles. The molecule has 1 heteroatoms. The second kappa shape index (κ2) is 13.3. The van der Waals surface area contributed by atoms with Gasteiger partial charge in [0, 0.05) is 0 Å². The van der Waals surface area contributed by atoms with Crippen molar-refractivity contribution in [3.8, 4) is 12.3 Å². The minimum atomic E-state index is -1.80. The van der Waals surface area contributed by atoms with Crippen LogP contribution >= 0.6 is 0 Å². The third-order valence-electron chi connectivity index (χ3n) is 4.46. The number of hydrogen-bond acceptors (Lipinski definition) is 0. The minimum absolute atomic E-state index is 0.997. The molecule has 112 valence electrons. The van der Waals surface area contributed by atoms with Crippen LogP contribution in [-0.2, 0) is 0 Å². The number of unbranched alkanes of at least 4 members (excludes halogenated alkanes) is 5. The van der Waals surface area contributed by atoms with Gasteiger partial charge in [-0.3, -0.25) is 0 Å². The van der Waals surface area contributed by atoms with Gasteiger partial charge in [-0.15, -0.1) is 0 Å². The van der Waals surface area contributed by atoms with Gasteiger partial charge in [-0.1, -0.05) is 0 Å². The number of rotatable bonds is 13. The molecule has 0 aliphatic heterocycles. The topological polar surface area (TPSA) is 0 Å². The Balaban J connectivity index is 4.43. The molecule has 0 amide bonds. The fraction of sp³-hybridized carbons (Fsp3) is 0.889. The molecule has 0 aromatic carbocycles. The molecule has 0 rings (SSSR count). The molecule has 0 radical (unpaired) electrons. The molecule has 0 aliphatic carbocycles. The average Bonchev–Trinajstić information content (AvgIpc) is 2.44. The zero-order valence-electron chi connectivity index (χ0n) is 13.8. The van der Waals surface area contributed by atoms with Gasteiger partial charge in [-0.2, -0.15) is 0 Å². The van der Waals surface area contributed by atoms with Gasteiger partial charge in [0.1, 0.15) is 0 Å². The molecular formula is C18H36Sn. The van der Waals surface area contributed by atoms with Crippen molar-refractivity contribution in [2.45, 2.75) is 96.3 Å². The molecule has 0 saturated heterocycles. The van der Waals surface area contributed by atoms with Crippen LogP contribution in [0, 0.1) is 12.3 Å². The maximum absolute atomic E-state index is 5.39. The standard InChI is InChI=1S/C6H9.3C4H9.Sn/c1-3-5-6-4-2;3*1-3-4-2;/h1H,2,4-6H2;3*1,3-4H2,2H3;. The van der Waals surface area contributed by atoms with E-state index >= 15 is 0 Å². The summed E-state index contributed by atoms with van der Waals surface area (Å²) in [5.74, 6) is 2.81. The van der Waals surface area contributed by atoms with E-state index in [4.69, 9.17) is 6.42 Å². The monoisotopic (exact) mass is 372 g/mol.